The highest BCUT2D eigenvalue weighted by Gasteiger charge is 2.29. The van der Waals surface area contributed by atoms with Gasteiger partial charge in [0, 0.05) is 12.1 Å². The molecule has 0 aliphatic carbocycles. The monoisotopic (exact) mass is 354 g/mol. The Bertz CT molecular complexity index is 730. The summed E-state index contributed by atoms with van der Waals surface area (Å²) < 4.78 is 25.2. The molecule has 1 fully saturated rings. The van der Waals surface area contributed by atoms with Gasteiger partial charge in [-0.25, -0.2) is 13.2 Å². The first kappa shape index (κ1) is 18.3. The second kappa shape index (κ2) is 7.21. The molecule has 1 aromatic carbocycles. The van der Waals surface area contributed by atoms with Crippen LogP contribution in [0.15, 0.2) is 24.3 Å². The van der Waals surface area contributed by atoms with E-state index in [2.05, 4.69) is 5.32 Å². The normalized spacial score (nSPS) is 17.7. The van der Waals surface area contributed by atoms with Gasteiger partial charge >= 0.3 is 5.97 Å². The summed E-state index contributed by atoms with van der Waals surface area (Å²) >= 11 is 0. The van der Waals surface area contributed by atoms with Crippen molar-refractivity contribution in [2.24, 2.45) is 5.92 Å². The number of anilines is 1. The van der Waals surface area contributed by atoms with Gasteiger partial charge in [0.2, 0.25) is 10.0 Å². The molecule has 7 nitrogen and oxygen atoms in total. The van der Waals surface area contributed by atoms with Crippen LogP contribution >= 0.6 is 0 Å². The van der Waals surface area contributed by atoms with E-state index in [9.17, 15) is 23.1 Å². The Balaban J connectivity index is 2.18. The lowest BCUT2D eigenvalue weighted by molar-refractivity contribution is -0.139. The molecule has 1 saturated heterocycles. The van der Waals surface area contributed by atoms with Crippen LogP contribution < -0.4 is 9.62 Å². The van der Waals surface area contributed by atoms with Crippen LogP contribution in [0.3, 0.4) is 0 Å². The molecule has 0 saturated carbocycles. The highest BCUT2D eigenvalue weighted by molar-refractivity contribution is 7.93. The largest absolute Gasteiger partial charge is 0.480 e. The molecular weight excluding hydrogens is 332 g/mol. The number of nitrogens with zero attached hydrogens (tertiary/aromatic N) is 1. The van der Waals surface area contributed by atoms with E-state index in [1.165, 1.54) is 16.4 Å². The molecular formula is C16H22N2O5S. The molecule has 1 amide bonds. The Morgan fingerprint density at radius 2 is 2.04 bits per heavy atom. The first-order valence-corrected chi connectivity index (χ1v) is 9.46. The average Bonchev–Trinajstić information content (AvgIpc) is 2.85. The van der Waals surface area contributed by atoms with E-state index < -0.39 is 27.9 Å². The number of nitrogens with one attached hydrogen (secondary N) is 1. The number of hydrogen-bond acceptors (Lipinski definition) is 4. The Morgan fingerprint density at radius 1 is 1.33 bits per heavy atom. The van der Waals surface area contributed by atoms with Gasteiger partial charge < -0.3 is 10.4 Å². The minimum Gasteiger partial charge on any atom is -0.480 e. The highest BCUT2D eigenvalue weighted by atomic mass is 32.2. The van der Waals surface area contributed by atoms with Crippen molar-refractivity contribution in [1.82, 2.24) is 5.32 Å². The van der Waals surface area contributed by atoms with E-state index >= 15 is 0 Å². The fraction of sp³-hybridized carbons (Fsp3) is 0.500. The van der Waals surface area contributed by atoms with Gasteiger partial charge in [-0.05, 0) is 37.0 Å². The number of carboxylic acid groups (broad SMARTS) is 1. The van der Waals surface area contributed by atoms with Crippen molar-refractivity contribution < 1.29 is 23.1 Å². The standard InChI is InChI=1S/C16H22N2O5S/c1-11(2)9-14(16(20)21)17-15(19)12-5-3-6-13(10-12)18-7-4-8-24(18,22)23/h3,5-6,10-11,14H,4,7-9H2,1-2H3,(H,17,19)(H,20,21). The molecule has 1 atom stereocenters. The molecule has 0 aromatic heterocycles. The fourth-order valence-corrected chi connectivity index (χ4v) is 4.22. The topological polar surface area (TPSA) is 104 Å². The zero-order valence-corrected chi connectivity index (χ0v) is 14.5. The van der Waals surface area contributed by atoms with Crippen LogP contribution in [0.4, 0.5) is 5.69 Å². The molecule has 1 aromatic rings. The number of carboxylic acids is 1. The van der Waals surface area contributed by atoms with E-state index in [0.29, 0.717) is 25.1 Å². The first-order valence-electron chi connectivity index (χ1n) is 7.85. The summed E-state index contributed by atoms with van der Waals surface area (Å²) in [6.45, 7) is 4.14. The molecule has 1 aliphatic rings. The molecule has 24 heavy (non-hydrogen) atoms. The molecule has 1 heterocycles. The van der Waals surface area contributed by atoms with Gasteiger partial charge in [-0.2, -0.15) is 0 Å². The molecule has 0 bridgehead atoms. The van der Waals surface area contributed by atoms with Crippen LogP contribution in [0.1, 0.15) is 37.0 Å². The second-order valence-corrected chi connectivity index (χ2v) is 8.30. The Hall–Kier alpha value is -2.09. The third-order valence-corrected chi connectivity index (χ3v) is 5.68. The minimum atomic E-state index is -3.33. The molecule has 1 aliphatic heterocycles. The Kier molecular flexibility index (Phi) is 5.48. The van der Waals surface area contributed by atoms with Crippen LogP contribution in [-0.4, -0.2) is 43.7 Å². The minimum absolute atomic E-state index is 0.0961. The summed E-state index contributed by atoms with van der Waals surface area (Å²) in [7, 11) is -3.33. The number of carbonyl (C=O) groups excluding carboxylic acids is 1. The quantitative estimate of drug-likeness (QED) is 0.805. The van der Waals surface area contributed by atoms with Crippen molar-refractivity contribution >= 4 is 27.6 Å². The Morgan fingerprint density at radius 3 is 2.58 bits per heavy atom. The SMILES string of the molecule is CC(C)CC(NC(=O)c1cccc(N2CCCS2(=O)=O)c1)C(=O)O. The molecule has 2 rings (SSSR count). The van der Waals surface area contributed by atoms with E-state index in [1.807, 2.05) is 13.8 Å². The lowest BCUT2D eigenvalue weighted by atomic mass is 10.0. The summed E-state index contributed by atoms with van der Waals surface area (Å²) in [6.07, 6.45) is 0.871. The van der Waals surface area contributed by atoms with Crippen molar-refractivity contribution in [2.45, 2.75) is 32.7 Å². The second-order valence-electron chi connectivity index (χ2n) is 6.29. The summed E-state index contributed by atoms with van der Waals surface area (Å²) in [6, 6.07) is 5.26. The lowest BCUT2D eigenvalue weighted by Gasteiger charge is -2.19. The van der Waals surface area contributed by atoms with Crippen molar-refractivity contribution in [3.8, 4) is 0 Å². The summed E-state index contributed by atoms with van der Waals surface area (Å²) in [4.78, 5) is 23.6. The third-order valence-electron chi connectivity index (χ3n) is 3.81. The van der Waals surface area contributed by atoms with Crippen LogP contribution in [-0.2, 0) is 14.8 Å². The van der Waals surface area contributed by atoms with Crippen LogP contribution in [0.25, 0.3) is 0 Å². The first-order chi connectivity index (χ1) is 11.2. The number of hydrogen-bond donors (Lipinski definition) is 2. The number of benzene rings is 1. The maximum atomic E-state index is 12.3. The molecule has 0 radical (unpaired) electrons. The highest BCUT2D eigenvalue weighted by Crippen LogP contribution is 2.24. The van der Waals surface area contributed by atoms with Gasteiger partial charge in [0.25, 0.3) is 5.91 Å². The summed E-state index contributed by atoms with van der Waals surface area (Å²) in [5.41, 5.74) is 0.667. The predicted octanol–water partition coefficient (Wildman–Crippen LogP) is 1.46. The van der Waals surface area contributed by atoms with E-state index in [0.717, 1.165) is 0 Å². The van der Waals surface area contributed by atoms with Crippen molar-refractivity contribution in [3.63, 3.8) is 0 Å². The molecule has 0 spiro atoms. The number of rotatable bonds is 6. The van der Waals surface area contributed by atoms with Gasteiger partial charge in [0.05, 0.1) is 11.4 Å². The van der Waals surface area contributed by atoms with Crippen molar-refractivity contribution in [1.29, 1.82) is 0 Å². The van der Waals surface area contributed by atoms with E-state index in [1.54, 1.807) is 12.1 Å². The van der Waals surface area contributed by atoms with Crippen LogP contribution in [0, 0.1) is 5.92 Å². The van der Waals surface area contributed by atoms with E-state index in [-0.39, 0.29) is 17.2 Å². The summed E-state index contributed by atoms with van der Waals surface area (Å²) in [5, 5.41) is 11.7. The van der Waals surface area contributed by atoms with E-state index in [4.69, 9.17) is 0 Å². The van der Waals surface area contributed by atoms with Crippen molar-refractivity contribution in [3.05, 3.63) is 29.8 Å². The smallest absolute Gasteiger partial charge is 0.326 e. The van der Waals surface area contributed by atoms with Crippen LogP contribution in [0.2, 0.25) is 0 Å². The van der Waals surface area contributed by atoms with Gasteiger partial charge in [-0.3, -0.25) is 9.10 Å². The van der Waals surface area contributed by atoms with Gasteiger partial charge in [-0.1, -0.05) is 19.9 Å². The number of carbonyl (C=O) groups is 2. The Labute approximate surface area is 141 Å². The maximum absolute atomic E-state index is 12.3. The number of aliphatic carboxylic acids is 1. The number of amides is 1. The molecule has 8 heteroatoms. The third kappa shape index (κ3) is 4.25. The zero-order valence-electron chi connectivity index (χ0n) is 13.7. The molecule has 132 valence electrons. The van der Waals surface area contributed by atoms with Gasteiger partial charge in [0.1, 0.15) is 6.04 Å². The van der Waals surface area contributed by atoms with Crippen molar-refractivity contribution in [2.75, 3.05) is 16.6 Å². The lowest BCUT2D eigenvalue weighted by Crippen LogP contribution is -2.41. The van der Waals surface area contributed by atoms with Gasteiger partial charge in [-0.15, -0.1) is 0 Å². The zero-order chi connectivity index (χ0) is 17.9. The molecule has 2 N–H and O–H groups in total. The molecule has 1 unspecified atom stereocenters. The summed E-state index contributed by atoms with van der Waals surface area (Å²) in [5.74, 6) is -1.40. The average molecular weight is 354 g/mol. The van der Waals surface area contributed by atoms with Crippen LogP contribution in [0.5, 0.6) is 0 Å². The maximum Gasteiger partial charge on any atom is 0.326 e. The van der Waals surface area contributed by atoms with Gasteiger partial charge in [0.15, 0.2) is 0 Å². The predicted molar refractivity (Wildman–Crippen MR) is 90.5 cm³/mol. The fourth-order valence-electron chi connectivity index (χ4n) is 2.67. The number of sulfonamides is 1.